The summed E-state index contributed by atoms with van der Waals surface area (Å²) in [6.07, 6.45) is -2.74. The highest BCUT2D eigenvalue weighted by molar-refractivity contribution is 5.79. The minimum atomic E-state index is -4.84. The van der Waals surface area contributed by atoms with Gasteiger partial charge in [-0.3, -0.25) is 4.79 Å². The molecule has 0 unspecified atom stereocenters. The Morgan fingerprint density at radius 1 is 0.972 bits per heavy atom. The van der Waals surface area contributed by atoms with Crippen molar-refractivity contribution in [1.29, 1.82) is 0 Å². The molecule has 190 valence electrons. The molecule has 6 nitrogen and oxygen atoms in total. The van der Waals surface area contributed by atoms with E-state index >= 15 is 0 Å². The van der Waals surface area contributed by atoms with Crippen molar-refractivity contribution >= 4 is 10.9 Å². The molecule has 36 heavy (non-hydrogen) atoms. The van der Waals surface area contributed by atoms with E-state index in [1.165, 1.54) is 16.7 Å². The summed E-state index contributed by atoms with van der Waals surface area (Å²) in [5.74, 6) is -4.83. The van der Waals surface area contributed by atoms with Crippen LogP contribution in [0.5, 0.6) is 17.4 Å². The zero-order valence-electron chi connectivity index (χ0n) is 19.2. The number of benzene rings is 2. The number of rotatable bonds is 5. The molecule has 0 aliphatic heterocycles. The molecular weight excluding hydrogens is 492 g/mol. The first-order valence-corrected chi connectivity index (χ1v) is 10.5. The van der Waals surface area contributed by atoms with E-state index in [4.69, 9.17) is 9.47 Å². The quantitative estimate of drug-likeness (QED) is 0.303. The lowest BCUT2D eigenvalue weighted by Gasteiger charge is -2.16. The van der Waals surface area contributed by atoms with Gasteiger partial charge in [-0.25, -0.2) is 18.2 Å². The molecule has 0 fully saturated rings. The Balaban J connectivity index is 0.00000176. The highest BCUT2D eigenvalue weighted by atomic mass is 19.4. The summed E-state index contributed by atoms with van der Waals surface area (Å²) in [5, 5.41) is -0.0978. The lowest BCUT2D eigenvalue weighted by molar-refractivity contribution is -0.140. The van der Waals surface area contributed by atoms with Crippen LogP contribution in [-0.4, -0.2) is 21.6 Å². The Kier molecular flexibility index (Phi) is 7.86. The van der Waals surface area contributed by atoms with E-state index in [1.807, 2.05) is 13.8 Å². The molecule has 0 bridgehead atoms. The average Bonchev–Trinajstić information content (AvgIpc) is 2.83. The lowest BCUT2D eigenvalue weighted by atomic mass is 10.1. The third kappa shape index (κ3) is 5.42. The number of hydrogen-bond acceptors (Lipinski definition) is 5. The third-order valence-corrected chi connectivity index (χ3v) is 4.85. The van der Waals surface area contributed by atoms with Crippen molar-refractivity contribution in [2.24, 2.45) is 0 Å². The first-order valence-electron chi connectivity index (χ1n) is 10.5. The van der Waals surface area contributed by atoms with Crippen LogP contribution in [0.15, 0.2) is 53.7 Å². The van der Waals surface area contributed by atoms with E-state index in [9.17, 15) is 31.1 Å². The van der Waals surface area contributed by atoms with E-state index in [1.54, 1.807) is 0 Å². The van der Waals surface area contributed by atoms with Gasteiger partial charge in [0.25, 0.3) is 5.56 Å². The fourth-order valence-corrected chi connectivity index (χ4v) is 3.32. The zero-order valence-corrected chi connectivity index (χ0v) is 19.2. The third-order valence-electron chi connectivity index (χ3n) is 4.85. The van der Waals surface area contributed by atoms with E-state index < -0.39 is 58.5 Å². The maximum Gasteiger partial charge on any atom is 0.425 e. The van der Waals surface area contributed by atoms with Gasteiger partial charge in [-0.2, -0.15) is 18.2 Å². The Bertz CT molecular complexity index is 1430. The van der Waals surface area contributed by atoms with Crippen LogP contribution >= 0.6 is 0 Å². The van der Waals surface area contributed by atoms with Crippen LogP contribution in [0.1, 0.15) is 25.0 Å². The average molecular weight is 511 g/mol. The van der Waals surface area contributed by atoms with Gasteiger partial charge in [-0.05, 0) is 24.3 Å². The molecule has 0 radical (unpaired) electrons. The monoisotopic (exact) mass is 511 g/mol. The molecule has 0 atom stereocenters. The fraction of sp³-hybridized carbons (Fsp3) is 0.208. The van der Waals surface area contributed by atoms with Crippen LogP contribution in [0.4, 0.5) is 26.3 Å². The summed E-state index contributed by atoms with van der Waals surface area (Å²) in [6, 6.07) is 5.73. The van der Waals surface area contributed by atoms with Crippen LogP contribution in [0.25, 0.3) is 10.9 Å². The van der Waals surface area contributed by atoms with Crippen molar-refractivity contribution < 1.29 is 35.8 Å². The second-order valence-electron chi connectivity index (χ2n) is 7.00. The van der Waals surface area contributed by atoms with Gasteiger partial charge in [0.15, 0.2) is 5.56 Å². The molecule has 0 saturated heterocycles. The number of methoxy groups -OCH3 is 1. The number of hydrogen-bond donors (Lipinski definition) is 0. The van der Waals surface area contributed by atoms with Crippen molar-refractivity contribution in [3.8, 4) is 17.4 Å². The van der Waals surface area contributed by atoms with Gasteiger partial charge in [0.1, 0.15) is 29.0 Å². The lowest BCUT2D eigenvalue weighted by Crippen LogP contribution is -2.14. The number of halogens is 6. The fourth-order valence-electron chi connectivity index (χ4n) is 3.32. The number of aromatic nitrogens is 3. The minimum absolute atomic E-state index is 0.0978. The van der Waals surface area contributed by atoms with E-state index in [0.29, 0.717) is 12.1 Å². The molecule has 0 saturated carbocycles. The maximum absolute atomic E-state index is 14.1. The molecule has 4 aromatic rings. The van der Waals surface area contributed by atoms with Crippen LogP contribution in [0.2, 0.25) is 0 Å². The molecule has 4 rings (SSSR count). The van der Waals surface area contributed by atoms with E-state index in [-0.39, 0.29) is 16.7 Å². The molecule has 0 N–H and O–H groups in total. The smallest absolute Gasteiger partial charge is 0.425 e. The van der Waals surface area contributed by atoms with Crippen LogP contribution in [0, 0.1) is 17.5 Å². The molecule has 2 heterocycles. The van der Waals surface area contributed by atoms with Crippen molar-refractivity contribution in [2.45, 2.75) is 26.6 Å². The van der Waals surface area contributed by atoms with Crippen LogP contribution in [-0.2, 0) is 12.7 Å². The van der Waals surface area contributed by atoms with Crippen molar-refractivity contribution in [1.82, 2.24) is 14.5 Å². The molecule has 0 amide bonds. The molecule has 0 aliphatic rings. The second kappa shape index (κ2) is 10.7. The molecular formula is C24H19F6N3O3. The maximum atomic E-state index is 14.1. The second-order valence-corrected chi connectivity index (χ2v) is 7.00. The van der Waals surface area contributed by atoms with Crippen molar-refractivity contribution in [2.75, 3.05) is 7.11 Å². The number of nitrogens with zero attached hydrogens (tertiary/aromatic N) is 3. The number of fused-ring (bicyclic) bond motifs is 1. The van der Waals surface area contributed by atoms with E-state index in [2.05, 4.69) is 9.97 Å². The standard InChI is InChI=1S/C22H13F6N3O3.C2H6/c1-33-18-4-5-29-21(19(18)22(26,27)28)34-12-2-3-17-13(8-12)20(32)30-10-31(17)9-14-15(24)6-11(23)7-16(14)25;1-2/h2-8,10H,9H2,1H3;1-2H3. The number of ether oxygens (including phenoxy) is 2. The highest BCUT2D eigenvalue weighted by Crippen LogP contribution is 2.42. The molecule has 2 aromatic heterocycles. The Morgan fingerprint density at radius 2 is 1.64 bits per heavy atom. The normalized spacial score (nSPS) is 11.1. The predicted octanol–water partition coefficient (Wildman–Crippen LogP) is 6.10. The SMILES string of the molecule is CC.COc1ccnc(Oc2ccc3c(c2)c(=O)ncn3Cc2c(F)cc(F)cc2F)c1C(F)(F)F. The summed E-state index contributed by atoms with van der Waals surface area (Å²) < 4.78 is 93.2. The number of pyridine rings is 1. The van der Waals surface area contributed by atoms with Crippen molar-refractivity contribution in [3.05, 3.63) is 87.9 Å². The largest absolute Gasteiger partial charge is 0.496 e. The van der Waals surface area contributed by atoms with Crippen LogP contribution < -0.4 is 15.0 Å². The van der Waals surface area contributed by atoms with Gasteiger partial charge in [-0.1, -0.05) is 13.8 Å². The van der Waals surface area contributed by atoms with Gasteiger partial charge >= 0.3 is 6.18 Å². The Hall–Kier alpha value is -4.09. The van der Waals surface area contributed by atoms with Crippen molar-refractivity contribution in [3.63, 3.8) is 0 Å². The first-order chi connectivity index (χ1) is 17.1. The van der Waals surface area contributed by atoms with Crippen LogP contribution in [0.3, 0.4) is 0 Å². The minimum Gasteiger partial charge on any atom is -0.496 e. The molecule has 0 spiro atoms. The van der Waals surface area contributed by atoms with Gasteiger partial charge in [0.2, 0.25) is 5.88 Å². The van der Waals surface area contributed by atoms with Gasteiger partial charge in [0.05, 0.1) is 30.9 Å². The summed E-state index contributed by atoms with van der Waals surface area (Å²) >= 11 is 0. The topological polar surface area (TPSA) is 66.2 Å². The van der Waals surface area contributed by atoms with Gasteiger partial charge in [0, 0.05) is 23.9 Å². The first kappa shape index (κ1) is 26.5. The molecule has 0 aliphatic carbocycles. The highest BCUT2D eigenvalue weighted by Gasteiger charge is 2.39. The molecule has 2 aromatic carbocycles. The van der Waals surface area contributed by atoms with Gasteiger partial charge < -0.3 is 14.0 Å². The molecule has 12 heteroatoms. The van der Waals surface area contributed by atoms with E-state index in [0.717, 1.165) is 31.8 Å². The summed E-state index contributed by atoms with van der Waals surface area (Å²) in [6.45, 7) is 3.57. The summed E-state index contributed by atoms with van der Waals surface area (Å²) in [7, 11) is 1.06. The van der Waals surface area contributed by atoms with Gasteiger partial charge in [-0.15, -0.1) is 0 Å². The Morgan fingerprint density at radius 3 is 2.25 bits per heavy atom. The zero-order chi connectivity index (χ0) is 26.6. The number of alkyl halides is 3. The summed E-state index contributed by atoms with van der Waals surface area (Å²) in [4.78, 5) is 19.5. The Labute approximate surface area is 200 Å². The summed E-state index contributed by atoms with van der Waals surface area (Å²) in [5.41, 5.74) is -2.32. The predicted molar refractivity (Wildman–Crippen MR) is 119 cm³/mol.